The van der Waals surface area contributed by atoms with Gasteiger partial charge in [0.05, 0.1) is 18.8 Å². The van der Waals surface area contributed by atoms with Crippen molar-refractivity contribution in [2.75, 3.05) is 6.61 Å². The minimum absolute atomic E-state index is 0.0440. The zero-order valence-corrected chi connectivity index (χ0v) is 26.2. The largest absolute Gasteiger partial charge is 0.394 e. The first-order valence-electron chi connectivity index (χ1n) is 17.0. The van der Waals surface area contributed by atoms with Gasteiger partial charge in [0.15, 0.2) is 0 Å². The SMILES string of the molecule is CCCCCCC/C=C\C/C=C\CCCCCCCCCCCCCC(=O)NC(CO)C(O)CCCCCC. The second kappa shape index (κ2) is 31.4. The Kier molecular flexibility index (Phi) is 30.5. The molecule has 0 spiro atoms. The van der Waals surface area contributed by atoms with Crippen LogP contribution in [0.3, 0.4) is 0 Å². The van der Waals surface area contributed by atoms with Crippen molar-refractivity contribution in [1.29, 1.82) is 0 Å². The highest BCUT2D eigenvalue weighted by atomic mass is 16.3. The first-order chi connectivity index (χ1) is 19.2. The van der Waals surface area contributed by atoms with Crippen LogP contribution in [0.1, 0.15) is 174 Å². The highest BCUT2D eigenvalue weighted by Gasteiger charge is 2.19. The monoisotopic (exact) mass is 550 g/mol. The van der Waals surface area contributed by atoms with E-state index in [9.17, 15) is 15.0 Å². The number of hydrogen-bond donors (Lipinski definition) is 3. The zero-order chi connectivity index (χ0) is 28.7. The van der Waals surface area contributed by atoms with Crippen LogP contribution in [0.25, 0.3) is 0 Å². The van der Waals surface area contributed by atoms with Crippen molar-refractivity contribution < 1.29 is 15.0 Å². The van der Waals surface area contributed by atoms with Gasteiger partial charge in [-0.3, -0.25) is 4.79 Å². The molecule has 0 aromatic carbocycles. The van der Waals surface area contributed by atoms with Crippen LogP contribution in [0.2, 0.25) is 0 Å². The molecule has 0 saturated heterocycles. The Balaban J connectivity index is 3.44. The Morgan fingerprint density at radius 3 is 1.54 bits per heavy atom. The summed E-state index contributed by atoms with van der Waals surface area (Å²) in [5.74, 6) is -0.0440. The molecule has 0 saturated carbocycles. The van der Waals surface area contributed by atoms with Crippen LogP contribution < -0.4 is 5.32 Å². The average molecular weight is 550 g/mol. The molecule has 0 radical (unpaired) electrons. The number of aliphatic hydroxyl groups excluding tert-OH is 2. The molecule has 1 amide bonds. The van der Waals surface area contributed by atoms with Crippen LogP contribution in [0.15, 0.2) is 24.3 Å². The molecular formula is C35H67NO3. The molecule has 4 nitrogen and oxygen atoms in total. The third kappa shape index (κ3) is 28.2. The van der Waals surface area contributed by atoms with Gasteiger partial charge in [0.2, 0.25) is 5.91 Å². The molecule has 2 atom stereocenters. The molecule has 230 valence electrons. The third-order valence-electron chi connectivity index (χ3n) is 7.72. The van der Waals surface area contributed by atoms with Gasteiger partial charge < -0.3 is 15.5 Å². The van der Waals surface area contributed by atoms with Crippen molar-refractivity contribution in [2.45, 2.75) is 187 Å². The summed E-state index contributed by atoms with van der Waals surface area (Å²) in [5.41, 5.74) is 0. The van der Waals surface area contributed by atoms with Crippen LogP contribution >= 0.6 is 0 Å². The van der Waals surface area contributed by atoms with Gasteiger partial charge in [0.25, 0.3) is 0 Å². The molecule has 4 heteroatoms. The summed E-state index contributed by atoms with van der Waals surface area (Å²) in [4.78, 5) is 12.2. The van der Waals surface area contributed by atoms with Gasteiger partial charge in [-0.2, -0.15) is 0 Å². The maximum atomic E-state index is 12.2. The third-order valence-corrected chi connectivity index (χ3v) is 7.72. The molecule has 2 unspecified atom stereocenters. The molecular weight excluding hydrogens is 482 g/mol. The summed E-state index contributed by atoms with van der Waals surface area (Å²) in [6.45, 7) is 4.23. The molecule has 0 aromatic heterocycles. The average Bonchev–Trinajstić information content (AvgIpc) is 2.94. The van der Waals surface area contributed by atoms with E-state index in [1.54, 1.807) is 0 Å². The van der Waals surface area contributed by atoms with Crippen molar-refractivity contribution in [3.05, 3.63) is 24.3 Å². The highest BCUT2D eigenvalue weighted by molar-refractivity contribution is 5.76. The Labute approximate surface area is 243 Å². The minimum atomic E-state index is -0.653. The molecule has 3 N–H and O–H groups in total. The molecule has 0 rings (SSSR count). The van der Waals surface area contributed by atoms with Gasteiger partial charge in [0, 0.05) is 6.42 Å². The molecule has 0 aliphatic carbocycles. The number of rotatable bonds is 30. The molecule has 0 heterocycles. The van der Waals surface area contributed by atoms with Crippen LogP contribution in [0.5, 0.6) is 0 Å². The van der Waals surface area contributed by atoms with Crippen LogP contribution in [0.4, 0.5) is 0 Å². The normalized spacial score (nSPS) is 13.4. The van der Waals surface area contributed by atoms with E-state index in [-0.39, 0.29) is 12.5 Å². The standard InChI is InChI=1S/C35H67NO3/c1-3-5-7-9-10-11-12-13-14-15-16-17-18-19-20-21-22-23-24-25-26-27-29-31-35(39)36-33(32-37)34(38)30-28-8-6-4-2/h12-13,15-16,33-34,37-38H,3-11,14,17-32H2,1-2H3,(H,36,39)/b13-12-,16-15-. The van der Waals surface area contributed by atoms with E-state index in [1.807, 2.05) is 0 Å². The van der Waals surface area contributed by atoms with Gasteiger partial charge >= 0.3 is 0 Å². The predicted octanol–water partition coefficient (Wildman–Crippen LogP) is 9.73. The first kappa shape index (κ1) is 37.9. The molecule has 0 aliphatic rings. The van der Waals surface area contributed by atoms with Crippen LogP contribution in [-0.4, -0.2) is 34.9 Å². The fourth-order valence-electron chi connectivity index (χ4n) is 5.04. The van der Waals surface area contributed by atoms with E-state index in [0.29, 0.717) is 12.8 Å². The predicted molar refractivity (Wildman–Crippen MR) is 170 cm³/mol. The van der Waals surface area contributed by atoms with E-state index in [1.165, 1.54) is 109 Å². The number of allylic oxidation sites excluding steroid dienone is 4. The summed E-state index contributed by atoms with van der Waals surface area (Å²) >= 11 is 0. The summed E-state index contributed by atoms with van der Waals surface area (Å²) in [7, 11) is 0. The molecule has 0 aliphatic heterocycles. The highest BCUT2D eigenvalue weighted by Crippen LogP contribution is 2.13. The second-order valence-corrected chi connectivity index (χ2v) is 11.6. The molecule has 0 fully saturated rings. The van der Waals surface area contributed by atoms with Crippen molar-refractivity contribution in [3.63, 3.8) is 0 Å². The number of amides is 1. The number of unbranched alkanes of at least 4 members (excludes halogenated alkanes) is 19. The Morgan fingerprint density at radius 2 is 1.05 bits per heavy atom. The fourth-order valence-corrected chi connectivity index (χ4v) is 5.04. The number of carbonyl (C=O) groups is 1. The lowest BCUT2D eigenvalue weighted by Crippen LogP contribution is -2.45. The lowest BCUT2D eigenvalue weighted by molar-refractivity contribution is -0.123. The summed E-state index contributed by atoms with van der Waals surface area (Å²) < 4.78 is 0. The van der Waals surface area contributed by atoms with Crippen molar-refractivity contribution in [1.82, 2.24) is 5.32 Å². The maximum absolute atomic E-state index is 12.2. The molecule has 39 heavy (non-hydrogen) atoms. The number of carbonyl (C=O) groups excluding carboxylic acids is 1. The van der Waals surface area contributed by atoms with E-state index in [4.69, 9.17) is 0 Å². The van der Waals surface area contributed by atoms with Crippen LogP contribution in [0, 0.1) is 0 Å². The Hall–Kier alpha value is -1.13. The smallest absolute Gasteiger partial charge is 0.220 e. The number of hydrogen-bond acceptors (Lipinski definition) is 3. The summed E-state index contributed by atoms with van der Waals surface area (Å²) in [6, 6.07) is -0.530. The van der Waals surface area contributed by atoms with Crippen molar-refractivity contribution in [2.24, 2.45) is 0 Å². The summed E-state index contributed by atoms with van der Waals surface area (Å²) in [6.07, 6.45) is 38.4. The van der Waals surface area contributed by atoms with Crippen molar-refractivity contribution in [3.8, 4) is 0 Å². The van der Waals surface area contributed by atoms with Gasteiger partial charge in [0.1, 0.15) is 0 Å². The molecule has 0 bridgehead atoms. The minimum Gasteiger partial charge on any atom is -0.394 e. The number of nitrogens with one attached hydrogen (secondary N) is 1. The van der Waals surface area contributed by atoms with E-state index in [2.05, 4.69) is 43.5 Å². The fraction of sp³-hybridized carbons (Fsp3) is 0.857. The topological polar surface area (TPSA) is 69.6 Å². The van der Waals surface area contributed by atoms with Crippen molar-refractivity contribution >= 4 is 5.91 Å². The van der Waals surface area contributed by atoms with Gasteiger partial charge in [-0.1, -0.05) is 147 Å². The summed E-state index contributed by atoms with van der Waals surface area (Å²) in [5, 5.41) is 22.6. The maximum Gasteiger partial charge on any atom is 0.220 e. The van der Waals surface area contributed by atoms with E-state index >= 15 is 0 Å². The Bertz CT molecular complexity index is 560. The lowest BCUT2D eigenvalue weighted by atomic mass is 10.0. The lowest BCUT2D eigenvalue weighted by Gasteiger charge is -2.22. The van der Waals surface area contributed by atoms with E-state index < -0.39 is 12.1 Å². The van der Waals surface area contributed by atoms with Gasteiger partial charge in [-0.25, -0.2) is 0 Å². The first-order valence-corrected chi connectivity index (χ1v) is 17.0. The zero-order valence-electron chi connectivity index (χ0n) is 26.2. The second-order valence-electron chi connectivity index (χ2n) is 11.6. The molecule has 0 aromatic rings. The number of aliphatic hydroxyl groups is 2. The quantitative estimate of drug-likeness (QED) is 0.0617. The van der Waals surface area contributed by atoms with Gasteiger partial charge in [-0.05, 0) is 44.9 Å². The van der Waals surface area contributed by atoms with E-state index in [0.717, 1.165) is 38.5 Å². The van der Waals surface area contributed by atoms with Gasteiger partial charge in [-0.15, -0.1) is 0 Å². The Morgan fingerprint density at radius 1 is 0.615 bits per heavy atom. The van der Waals surface area contributed by atoms with Crippen LogP contribution in [-0.2, 0) is 4.79 Å².